The second-order valence-corrected chi connectivity index (χ2v) is 6.59. The number of carbonyl (C=O) groups excluding carboxylic acids is 2. The summed E-state index contributed by atoms with van der Waals surface area (Å²) >= 11 is 7.05. The second-order valence-electron chi connectivity index (χ2n) is 4.87. The Morgan fingerprint density at radius 1 is 1.48 bits per heavy atom. The van der Waals surface area contributed by atoms with Crippen LogP contribution in [0.2, 0.25) is 5.02 Å². The molecule has 3 rings (SSSR count). The summed E-state index contributed by atoms with van der Waals surface area (Å²) in [5.74, 6) is 0.0427. The molecule has 1 atom stereocenters. The topological polar surface area (TPSA) is 88.3 Å². The molecule has 1 fully saturated rings. The number of thioether (sulfide) groups is 1. The van der Waals surface area contributed by atoms with Gasteiger partial charge >= 0.3 is 6.03 Å². The Balaban J connectivity index is 1.69. The van der Waals surface area contributed by atoms with E-state index >= 15 is 0 Å². The van der Waals surface area contributed by atoms with Crippen LogP contribution in [0.25, 0.3) is 11.5 Å². The van der Waals surface area contributed by atoms with Crippen LogP contribution >= 0.6 is 23.4 Å². The molecule has 120 valence electrons. The highest BCUT2D eigenvalue weighted by molar-refractivity contribution is 8.00. The van der Waals surface area contributed by atoms with E-state index in [0.29, 0.717) is 29.6 Å². The number of rotatable bonds is 4. The smallest absolute Gasteiger partial charge is 0.324 e. The molecule has 1 aliphatic heterocycles. The van der Waals surface area contributed by atoms with E-state index in [1.54, 1.807) is 31.2 Å². The van der Waals surface area contributed by atoms with E-state index in [9.17, 15) is 9.59 Å². The number of amides is 3. The molecular weight excluding hydrogens is 340 g/mol. The Hall–Kier alpha value is -2.06. The highest BCUT2D eigenvalue weighted by Crippen LogP contribution is 2.28. The van der Waals surface area contributed by atoms with Crippen molar-refractivity contribution in [1.29, 1.82) is 0 Å². The molecule has 0 unspecified atom stereocenters. The number of nitrogens with one attached hydrogen (secondary N) is 1. The van der Waals surface area contributed by atoms with E-state index in [2.05, 4.69) is 15.5 Å². The van der Waals surface area contributed by atoms with Gasteiger partial charge in [-0.3, -0.25) is 9.69 Å². The number of nitrogens with zero attached hydrogens (tertiary/aromatic N) is 3. The number of hydrogen-bond acceptors (Lipinski definition) is 6. The number of imide groups is 1. The molecule has 0 radical (unpaired) electrons. The predicted octanol–water partition coefficient (Wildman–Crippen LogP) is 2.42. The molecule has 2 heterocycles. The van der Waals surface area contributed by atoms with Crippen molar-refractivity contribution >= 4 is 35.3 Å². The first kappa shape index (κ1) is 15.8. The predicted molar refractivity (Wildman–Crippen MR) is 85.2 cm³/mol. The van der Waals surface area contributed by atoms with Gasteiger partial charge in [-0.05, 0) is 25.1 Å². The van der Waals surface area contributed by atoms with Crippen molar-refractivity contribution in [3.8, 4) is 11.5 Å². The Morgan fingerprint density at radius 2 is 2.30 bits per heavy atom. The fourth-order valence-electron chi connectivity index (χ4n) is 2.10. The molecule has 1 saturated heterocycles. The van der Waals surface area contributed by atoms with E-state index in [1.165, 1.54) is 4.90 Å². The van der Waals surface area contributed by atoms with Crippen LogP contribution in [-0.4, -0.2) is 45.4 Å². The molecule has 9 heteroatoms. The normalized spacial score (nSPS) is 15.6. The lowest BCUT2D eigenvalue weighted by Crippen LogP contribution is -2.38. The van der Waals surface area contributed by atoms with Crippen molar-refractivity contribution in [1.82, 2.24) is 20.4 Å². The molecule has 1 aliphatic rings. The van der Waals surface area contributed by atoms with E-state index < -0.39 is 5.25 Å². The minimum Gasteiger partial charge on any atom is -0.411 e. The van der Waals surface area contributed by atoms with E-state index in [4.69, 9.17) is 16.0 Å². The first-order valence-corrected chi connectivity index (χ1v) is 8.15. The van der Waals surface area contributed by atoms with Gasteiger partial charge < -0.3 is 9.73 Å². The van der Waals surface area contributed by atoms with Gasteiger partial charge in [0.25, 0.3) is 5.22 Å². The third-order valence-electron chi connectivity index (χ3n) is 3.23. The van der Waals surface area contributed by atoms with Crippen LogP contribution in [0.4, 0.5) is 4.79 Å². The molecule has 2 aromatic rings. The summed E-state index contributed by atoms with van der Waals surface area (Å²) in [5.41, 5.74) is 0.703. The van der Waals surface area contributed by atoms with Crippen LogP contribution < -0.4 is 5.32 Å². The minimum atomic E-state index is -0.508. The zero-order valence-electron chi connectivity index (χ0n) is 12.2. The first-order valence-electron chi connectivity index (χ1n) is 6.90. The number of halogens is 1. The summed E-state index contributed by atoms with van der Waals surface area (Å²) < 4.78 is 5.55. The van der Waals surface area contributed by atoms with Crippen molar-refractivity contribution in [2.45, 2.75) is 17.4 Å². The van der Waals surface area contributed by atoms with Crippen molar-refractivity contribution in [3.63, 3.8) is 0 Å². The quantitative estimate of drug-likeness (QED) is 0.850. The number of carbonyl (C=O) groups is 2. The largest absolute Gasteiger partial charge is 0.411 e. The van der Waals surface area contributed by atoms with Gasteiger partial charge in [0.1, 0.15) is 0 Å². The fraction of sp³-hybridized carbons (Fsp3) is 0.286. The van der Waals surface area contributed by atoms with Crippen LogP contribution in [0.3, 0.4) is 0 Å². The molecule has 23 heavy (non-hydrogen) atoms. The van der Waals surface area contributed by atoms with Gasteiger partial charge in [0.2, 0.25) is 11.8 Å². The van der Waals surface area contributed by atoms with Crippen LogP contribution in [-0.2, 0) is 4.79 Å². The zero-order chi connectivity index (χ0) is 16.4. The molecule has 1 aromatic heterocycles. The maximum atomic E-state index is 12.2. The van der Waals surface area contributed by atoms with Crippen molar-refractivity contribution in [3.05, 3.63) is 29.3 Å². The van der Waals surface area contributed by atoms with Crippen molar-refractivity contribution < 1.29 is 14.0 Å². The Morgan fingerprint density at radius 3 is 3.00 bits per heavy atom. The van der Waals surface area contributed by atoms with Crippen LogP contribution in [0.5, 0.6) is 0 Å². The molecule has 0 bridgehead atoms. The van der Waals surface area contributed by atoms with Crippen molar-refractivity contribution in [2.24, 2.45) is 0 Å². The van der Waals surface area contributed by atoms with Crippen LogP contribution in [0, 0.1) is 0 Å². The molecule has 1 N–H and O–H groups in total. The number of benzene rings is 1. The number of hydrogen-bond donors (Lipinski definition) is 1. The van der Waals surface area contributed by atoms with E-state index in [1.807, 2.05) is 0 Å². The average Bonchev–Trinajstić information content (AvgIpc) is 3.15. The van der Waals surface area contributed by atoms with Crippen LogP contribution in [0.1, 0.15) is 6.92 Å². The molecule has 0 aliphatic carbocycles. The SMILES string of the molecule is C[C@@H](Sc1nnc(-c2cccc(Cl)c2)o1)C(=O)N1CCNC1=O. The molecule has 1 aromatic carbocycles. The van der Waals surface area contributed by atoms with Gasteiger partial charge in [-0.1, -0.05) is 29.4 Å². The number of aromatic nitrogens is 2. The summed E-state index contributed by atoms with van der Waals surface area (Å²) in [6.07, 6.45) is 0. The highest BCUT2D eigenvalue weighted by atomic mass is 35.5. The maximum absolute atomic E-state index is 12.2. The minimum absolute atomic E-state index is 0.264. The average molecular weight is 353 g/mol. The Bertz CT molecular complexity index is 751. The summed E-state index contributed by atoms with van der Waals surface area (Å²) in [4.78, 5) is 24.9. The maximum Gasteiger partial charge on any atom is 0.324 e. The van der Waals surface area contributed by atoms with Gasteiger partial charge in [0, 0.05) is 23.7 Å². The third-order valence-corrected chi connectivity index (χ3v) is 4.38. The molecule has 3 amide bonds. The Kier molecular flexibility index (Phi) is 4.53. The van der Waals surface area contributed by atoms with E-state index in [-0.39, 0.29) is 17.2 Å². The van der Waals surface area contributed by atoms with Gasteiger partial charge in [0.05, 0.1) is 5.25 Å². The van der Waals surface area contributed by atoms with Gasteiger partial charge in [0.15, 0.2) is 0 Å². The standard InChI is InChI=1S/C14H13ClN4O3S/c1-8(12(20)19-6-5-16-13(19)21)23-14-18-17-11(22-14)9-3-2-4-10(15)7-9/h2-4,7-8H,5-6H2,1H3,(H,16,21)/t8-/m1/s1. The van der Waals surface area contributed by atoms with Crippen molar-refractivity contribution in [2.75, 3.05) is 13.1 Å². The molecule has 7 nitrogen and oxygen atoms in total. The van der Waals surface area contributed by atoms with Gasteiger partial charge in [-0.25, -0.2) is 4.79 Å². The lowest BCUT2D eigenvalue weighted by atomic mass is 10.2. The van der Waals surface area contributed by atoms with Crippen LogP contribution in [0.15, 0.2) is 33.9 Å². The summed E-state index contributed by atoms with van der Waals surface area (Å²) in [6.45, 7) is 2.55. The lowest BCUT2D eigenvalue weighted by molar-refractivity contribution is -0.126. The fourth-order valence-corrected chi connectivity index (χ4v) is 3.03. The molecule has 0 saturated carbocycles. The highest BCUT2D eigenvalue weighted by Gasteiger charge is 2.31. The molecular formula is C14H13ClN4O3S. The molecule has 0 spiro atoms. The first-order chi connectivity index (χ1) is 11.0. The third kappa shape index (κ3) is 3.48. The van der Waals surface area contributed by atoms with Gasteiger partial charge in [-0.2, -0.15) is 0 Å². The monoisotopic (exact) mass is 352 g/mol. The number of urea groups is 1. The zero-order valence-corrected chi connectivity index (χ0v) is 13.7. The van der Waals surface area contributed by atoms with Gasteiger partial charge in [-0.15, -0.1) is 10.2 Å². The summed E-state index contributed by atoms with van der Waals surface area (Å²) in [5, 5.41) is 10.8. The summed E-state index contributed by atoms with van der Waals surface area (Å²) in [6, 6.07) is 6.68. The Labute approximate surface area is 141 Å². The lowest BCUT2D eigenvalue weighted by Gasteiger charge is -2.15. The summed E-state index contributed by atoms with van der Waals surface area (Å²) in [7, 11) is 0. The van der Waals surface area contributed by atoms with E-state index in [0.717, 1.165) is 11.8 Å². The second kappa shape index (κ2) is 6.59.